The van der Waals surface area contributed by atoms with Crippen molar-refractivity contribution < 1.29 is 4.39 Å². The van der Waals surface area contributed by atoms with Gasteiger partial charge in [0.15, 0.2) is 0 Å². The standard InChI is InChI=1S/C13H19BrFN3S/c1-18-5-6-19-8-12(18)11(17-16)7-9-3-2-4-10(15)13(9)14/h2-4,11-12,17H,5-8,16H2,1H3. The summed E-state index contributed by atoms with van der Waals surface area (Å²) in [5, 5.41) is 0. The number of hydrogen-bond donors (Lipinski definition) is 2. The highest BCUT2D eigenvalue weighted by Gasteiger charge is 2.28. The van der Waals surface area contributed by atoms with Gasteiger partial charge < -0.3 is 4.90 Å². The van der Waals surface area contributed by atoms with Crippen molar-refractivity contribution >= 4 is 27.7 Å². The molecule has 1 aliphatic rings. The van der Waals surface area contributed by atoms with E-state index in [-0.39, 0.29) is 11.9 Å². The van der Waals surface area contributed by atoms with Crippen molar-refractivity contribution in [2.45, 2.75) is 18.5 Å². The van der Waals surface area contributed by atoms with Crippen LogP contribution in [0.4, 0.5) is 4.39 Å². The van der Waals surface area contributed by atoms with Crippen LogP contribution in [-0.2, 0) is 6.42 Å². The molecule has 1 aromatic carbocycles. The van der Waals surface area contributed by atoms with Gasteiger partial charge in [0.25, 0.3) is 0 Å². The van der Waals surface area contributed by atoms with E-state index in [2.05, 4.69) is 33.3 Å². The van der Waals surface area contributed by atoms with Crippen molar-refractivity contribution in [3.8, 4) is 0 Å². The zero-order valence-corrected chi connectivity index (χ0v) is 13.3. The fourth-order valence-corrected chi connectivity index (χ4v) is 4.12. The first-order valence-electron chi connectivity index (χ1n) is 6.30. The van der Waals surface area contributed by atoms with Crippen molar-refractivity contribution in [3.63, 3.8) is 0 Å². The first kappa shape index (κ1) is 15.3. The Kier molecular flexibility index (Phi) is 5.65. The van der Waals surface area contributed by atoms with E-state index in [1.54, 1.807) is 6.07 Å². The monoisotopic (exact) mass is 347 g/mol. The van der Waals surface area contributed by atoms with Crippen LogP contribution in [-0.4, -0.2) is 42.1 Å². The molecule has 2 rings (SSSR count). The summed E-state index contributed by atoms with van der Waals surface area (Å²) in [5.41, 5.74) is 3.85. The SMILES string of the molecule is CN1CCSCC1C(Cc1cccc(F)c1Br)NN. The molecule has 6 heteroatoms. The van der Waals surface area contributed by atoms with Gasteiger partial charge in [-0.3, -0.25) is 11.3 Å². The fraction of sp³-hybridized carbons (Fsp3) is 0.538. The Morgan fingerprint density at radius 1 is 1.63 bits per heavy atom. The summed E-state index contributed by atoms with van der Waals surface area (Å²) >= 11 is 5.26. The van der Waals surface area contributed by atoms with Gasteiger partial charge in [-0.05, 0) is 41.0 Å². The first-order valence-corrected chi connectivity index (χ1v) is 8.25. The van der Waals surface area contributed by atoms with Gasteiger partial charge in [0.2, 0.25) is 0 Å². The Balaban J connectivity index is 2.12. The van der Waals surface area contributed by atoms with Gasteiger partial charge >= 0.3 is 0 Å². The van der Waals surface area contributed by atoms with Crippen LogP contribution in [0.5, 0.6) is 0 Å². The molecule has 0 amide bonds. The van der Waals surface area contributed by atoms with Crippen LogP contribution in [0, 0.1) is 5.82 Å². The summed E-state index contributed by atoms with van der Waals surface area (Å²) in [6.45, 7) is 1.07. The van der Waals surface area contributed by atoms with Crippen molar-refractivity contribution in [2.75, 3.05) is 25.1 Å². The van der Waals surface area contributed by atoms with Crippen molar-refractivity contribution in [1.29, 1.82) is 0 Å². The number of nitrogens with one attached hydrogen (secondary N) is 1. The minimum absolute atomic E-state index is 0.121. The van der Waals surface area contributed by atoms with Crippen LogP contribution >= 0.6 is 27.7 Å². The van der Waals surface area contributed by atoms with Crippen LogP contribution in [0.3, 0.4) is 0 Å². The van der Waals surface area contributed by atoms with Gasteiger partial charge in [-0.1, -0.05) is 12.1 Å². The molecule has 19 heavy (non-hydrogen) atoms. The summed E-state index contributed by atoms with van der Waals surface area (Å²) in [6, 6.07) is 5.63. The molecule has 2 atom stereocenters. The lowest BCUT2D eigenvalue weighted by Gasteiger charge is -2.37. The molecule has 1 aromatic rings. The van der Waals surface area contributed by atoms with Crippen LogP contribution < -0.4 is 11.3 Å². The number of thioether (sulfide) groups is 1. The minimum Gasteiger partial charge on any atom is -0.300 e. The van der Waals surface area contributed by atoms with Crippen LogP contribution in [0.1, 0.15) is 5.56 Å². The average Bonchev–Trinajstić information content (AvgIpc) is 2.41. The van der Waals surface area contributed by atoms with E-state index in [0.717, 1.165) is 23.6 Å². The number of hydrazine groups is 1. The van der Waals surface area contributed by atoms with E-state index in [9.17, 15) is 4.39 Å². The lowest BCUT2D eigenvalue weighted by molar-refractivity contribution is 0.214. The second kappa shape index (κ2) is 7.04. The van der Waals surface area contributed by atoms with Gasteiger partial charge in [0, 0.05) is 30.1 Å². The third-order valence-corrected chi connectivity index (χ3v) is 5.53. The van der Waals surface area contributed by atoms with E-state index in [4.69, 9.17) is 5.84 Å². The summed E-state index contributed by atoms with van der Waals surface area (Å²) < 4.78 is 14.1. The molecule has 0 saturated carbocycles. The molecular weight excluding hydrogens is 329 g/mol. The maximum Gasteiger partial charge on any atom is 0.137 e. The Morgan fingerprint density at radius 2 is 2.42 bits per heavy atom. The second-order valence-electron chi connectivity index (χ2n) is 4.81. The average molecular weight is 348 g/mol. The number of likely N-dealkylation sites (N-methyl/N-ethyl adjacent to an activating group) is 1. The smallest absolute Gasteiger partial charge is 0.137 e. The molecule has 0 spiro atoms. The van der Waals surface area contributed by atoms with Gasteiger partial charge in [-0.25, -0.2) is 4.39 Å². The van der Waals surface area contributed by atoms with E-state index >= 15 is 0 Å². The lowest BCUT2D eigenvalue weighted by atomic mass is 9.99. The summed E-state index contributed by atoms with van der Waals surface area (Å²) in [4.78, 5) is 2.33. The van der Waals surface area contributed by atoms with Crippen molar-refractivity contribution in [3.05, 3.63) is 34.1 Å². The molecule has 1 heterocycles. The number of nitrogens with two attached hydrogens (primary N) is 1. The normalized spacial score (nSPS) is 22.4. The first-order chi connectivity index (χ1) is 9.13. The van der Waals surface area contributed by atoms with Gasteiger partial charge in [-0.2, -0.15) is 11.8 Å². The van der Waals surface area contributed by atoms with Gasteiger partial charge in [-0.15, -0.1) is 0 Å². The maximum absolute atomic E-state index is 13.5. The predicted molar refractivity (Wildman–Crippen MR) is 82.7 cm³/mol. The van der Waals surface area contributed by atoms with E-state index in [0.29, 0.717) is 16.9 Å². The van der Waals surface area contributed by atoms with Crippen LogP contribution in [0.25, 0.3) is 0 Å². The topological polar surface area (TPSA) is 41.3 Å². The van der Waals surface area contributed by atoms with Crippen molar-refractivity contribution in [2.24, 2.45) is 5.84 Å². The Labute approximate surface area is 126 Å². The molecule has 3 N–H and O–H groups in total. The third-order valence-electron chi connectivity index (χ3n) is 3.59. The number of hydrogen-bond acceptors (Lipinski definition) is 4. The molecule has 1 aliphatic heterocycles. The molecule has 0 aromatic heterocycles. The number of nitrogens with zero attached hydrogens (tertiary/aromatic N) is 1. The molecule has 1 fully saturated rings. The number of benzene rings is 1. The molecule has 0 bridgehead atoms. The zero-order valence-electron chi connectivity index (χ0n) is 10.9. The molecule has 106 valence electrons. The van der Waals surface area contributed by atoms with Gasteiger partial charge in [0.1, 0.15) is 5.82 Å². The van der Waals surface area contributed by atoms with Crippen LogP contribution in [0.15, 0.2) is 22.7 Å². The number of halogens is 2. The third kappa shape index (κ3) is 3.70. The second-order valence-corrected chi connectivity index (χ2v) is 6.76. The molecular formula is C13H19BrFN3S. The van der Waals surface area contributed by atoms with E-state index in [1.807, 2.05) is 17.8 Å². The molecule has 1 saturated heterocycles. The largest absolute Gasteiger partial charge is 0.300 e. The van der Waals surface area contributed by atoms with Crippen molar-refractivity contribution in [1.82, 2.24) is 10.3 Å². The molecule has 2 unspecified atom stereocenters. The maximum atomic E-state index is 13.5. The minimum atomic E-state index is -0.223. The molecule has 3 nitrogen and oxygen atoms in total. The lowest BCUT2D eigenvalue weighted by Crippen LogP contribution is -2.55. The van der Waals surface area contributed by atoms with E-state index in [1.165, 1.54) is 6.07 Å². The fourth-order valence-electron chi connectivity index (χ4n) is 2.38. The van der Waals surface area contributed by atoms with E-state index < -0.39 is 0 Å². The Morgan fingerprint density at radius 3 is 3.11 bits per heavy atom. The number of rotatable bonds is 4. The highest BCUT2D eigenvalue weighted by Crippen LogP contribution is 2.24. The summed E-state index contributed by atoms with van der Waals surface area (Å²) in [7, 11) is 2.12. The highest BCUT2D eigenvalue weighted by molar-refractivity contribution is 9.10. The zero-order chi connectivity index (χ0) is 13.8. The predicted octanol–water partition coefficient (Wildman–Crippen LogP) is 2.01. The summed E-state index contributed by atoms with van der Waals surface area (Å²) in [6.07, 6.45) is 0.713. The molecule has 0 aliphatic carbocycles. The molecule has 0 radical (unpaired) electrons. The highest BCUT2D eigenvalue weighted by atomic mass is 79.9. The quantitative estimate of drug-likeness (QED) is 0.645. The Hall–Kier alpha value is -0.140. The van der Waals surface area contributed by atoms with Crippen LogP contribution in [0.2, 0.25) is 0 Å². The summed E-state index contributed by atoms with van der Waals surface area (Å²) in [5.74, 6) is 7.70. The Bertz CT molecular complexity index is 432. The van der Waals surface area contributed by atoms with Gasteiger partial charge in [0.05, 0.1) is 4.47 Å².